The minimum atomic E-state index is -0.0364. The second-order valence-electron chi connectivity index (χ2n) is 27.9. The third-order valence-corrected chi connectivity index (χ3v) is 20.3. The van der Waals surface area contributed by atoms with Crippen molar-refractivity contribution in [2.75, 3.05) is 141 Å². The van der Waals surface area contributed by atoms with E-state index in [0.29, 0.717) is 146 Å². The van der Waals surface area contributed by atoms with Gasteiger partial charge in [0.25, 0.3) is 17.7 Å². The lowest BCUT2D eigenvalue weighted by atomic mass is 10.0. The van der Waals surface area contributed by atoms with Gasteiger partial charge in [0, 0.05) is 199 Å². The Kier molecular flexibility index (Phi) is 22.6. The molecule has 0 spiro atoms. The van der Waals surface area contributed by atoms with Crippen LogP contribution >= 0.6 is 0 Å². The SMILES string of the molecule is CN(C)C(=O)CN1CCN(C(=O)c2cc3cc(Nc4nccc(-c5ccccn5)n4)ccc3[nH]2)CC1.O=C(CN1CCN(C(=O)c2cc3cc(Nc4nccc(-c5ccccn5)n4)ccc3[nH]2)CC1)N1CCOCC1.O=C(c1cc2cc(Nc3nccc(-c4ccccn4)n3)ccc2[nH]1)N1CCC(N2CCCC2=O)CC1. The van der Waals surface area contributed by atoms with E-state index in [1.54, 1.807) is 56.2 Å². The number of morpholine rings is 1. The molecule has 30 nitrogen and oxygen atoms in total. The number of fused-ring (bicyclic) bond motifs is 3. The van der Waals surface area contributed by atoms with Crippen molar-refractivity contribution in [1.82, 2.24) is 99.0 Å². The first-order chi connectivity index (χ1) is 54.2. The Bertz CT molecular complexity index is 5280. The van der Waals surface area contributed by atoms with Crippen LogP contribution in [0.4, 0.5) is 34.9 Å². The third-order valence-electron chi connectivity index (χ3n) is 20.3. The number of aromatic amines is 3. The number of pyridine rings is 3. The molecule has 30 heteroatoms. The smallest absolute Gasteiger partial charge is 0.270 e. The Balaban J connectivity index is 0.000000132. The number of carbonyl (C=O) groups excluding carboxylic acids is 6. The van der Waals surface area contributed by atoms with Crippen molar-refractivity contribution in [3.05, 3.63) is 200 Å². The van der Waals surface area contributed by atoms with Gasteiger partial charge >= 0.3 is 0 Å². The number of hydrogen-bond donors (Lipinski definition) is 6. The summed E-state index contributed by atoms with van der Waals surface area (Å²) >= 11 is 0. The van der Waals surface area contributed by atoms with Crippen LogP contribution in [0.15, 0.2) is 183 Å². The highest BCUT2D eigenvalue weighted by molar-refractivity contribution is 6.01. The molecule has 9 aromatic heterocycles. The van der Waals surface area contributed by atoms with Crippen molar-refractivity contribution in [2.45, 2.75) is 31.7 Å². The van der Waals surface area contributed by atoms with Crippen LogP contribution < -0.4 is 16.0 Å². The number of carbonyl (C=O) groups is 6. The number of benzene rings is 3. The summed E-state index contributed by atoms with van der Waals surface area (Å²) in [6.45, 7) is 10.5. The molecule has 0 aliphatic carbocycles. The van der Waals surface area contributed by atoms with Gasteiger partial charge in [-0.3, -0.25) is 53.5 Å². The number of H-pyrrole nitrogens is 3. The van der Waals surface area contributed by atoms with Gasteiger partial charge in [0.2, 0.25) is 35.6 Å². The number of hydrogen-bond acceptors (Lipinski definition) is 21. The number of nitrogens with zero attached hydrogens (tertiary/aromatic N) is 17. The molecule has 3 aromatic carbocycles. The Morgan fingerprint density at radius 2 is 0.820 bits per heavy atom. The van der Waals surface area contributed by atoms with Gasteiger partial charge in [0.1, 0.15) is 17.1 Å². The van der Waals surface area contributed by atoms with Crippen molar-refractivity contribution < 1.29 is 33.5 Å². The molecular weight excluding hydrogens is 1410 g/mol. The number of piperidine rings is 1. The maximum absolute atomic E-state index is 13.2. The summed E-state index contributed by atoms with van der Waals surface area (Å²) in [4.78, 5) is 141. The molecule has 0 bridgehead atoms. The molecule has 5 fully saturated rings. The molecule has 0 radical (unpaired) electrons. The first-order valence-electron chi connectivity index (χ1n) is 37.3. The third kappa shape index (κ3) is 18.1. The van der Waals surface area contributed by atoms with E-state index in [9.17, 15) is 28.8 Å². The molecule has 0 saturated carbocycles. The molecule has 5 saturated heterocycles. The van der Waals surface area contributed by atoms with Crippen LogP contribution in [0.3, 0.4) is 0 Å². The molecule has 5 aliphatic rings. The maximum Gasteiger partial charge on any atom is 0.270 e. The monoisotopic (exact) mass is 1490 g/mol. The number of aromatic nitrogens is 12. The average Bonchev–Trinajstić information content (AvgIpc) is 1.73. The van der Waals surface area contributed by atoms with Crippen LogP contribution in [0.25, 0.3) is 66.9 Å². The summed E-state index contributed by atoms with van der Waals surface area (Å²) < 4.78 is 5.33. The quantitative estimate of drug-likeness (QED) is 0.0495. The largest absolute Gasteiger partial charge is 0.378 e. The second kappa shape index (κ2) is 34.1. The molecular formula is C81H85N23O7. The first-order valence-corrected chi connectivity index (χ1v) is 37.3. The highest BCUT2D eigenvalue weighted by Gasteiger charge is 2.34. The molecule has 566 valence electrons. The highest BCUT2D eigenvalue weighted by Crippen LogP contribution is 2.30. The fourth-order valence-electron chi connectivity index (χ4n) is 14.2. The summed E-state index contributed by atoms with van der Waals surface area (Å²) in [5, 5.41) is 12.5. The van der Waals surface area contributed by atoms with E-state index in [1.807, 2.05) is 170 Å². The van der Waals surface area contributed by atoms with Crippen molar-refractivity contribution in [1.29, 1.82) is 0 Å². The predicted molar refractivity (Wildman–Crippen MR) is 421 cm³/mol. The average molecular weight is 1490 g/mol. The Morgan fingerprint density at radius 3 is 1.19 bits per heavy atom. The lowest BCUT2D eigenvalue weighted by Crippen LogP contribution is -2.52. The molecule has 12 aromatic rings. The second-order valence-corrected chi connectivity index (χ2v) is 27.9. The normalized spacial score (nSPS) is 15.7. The molecule has 5 aliphatic heterocycles. The zero-order valence-corrected chi connectivity index (χ0v) is 61.7. The highest BCUT2D eigenvalue weighted by atomic mass is 16.5. The van der Waals surface area contributed by atoms with E-state index in [4.69, 9.17) is 4.74 Å². The number of ether oxygens (including phenoxy) is 1. The summed E-state index contributed by atoms with van der Waals surface area (Å²) in [6.07, 6.45) is 13.6. The Labute approximate surface area is 639 Å². The van der Waals surface area contributed by atoms with Crippen molar-refractivity contribution in [2.24, 2.45) is 0 Å². The maximum atomic E-state index is 13.2. The van der Waals surface area contributed by atoms with Crippen LogP contribution in [-0.4, -0.2) is 266 Å². The number of anilines is 6. The lowest BCUT2D eigenvalue weighted by molar-refractivity contribution is -0.137. The van der Waals surface area contributed by atoms with Gasteiger partial charge in [-0.05, 0) is 147 Å². The summed E-state index contributed by atoms with van der Waals surface area (Å²) in [5.41, 5.74) is 11.3. The van der Waals surface area contributed by atoms with Crippen LogP contribution in [0, 0.1) is 0 Å². The number of nitrogens with one attached hydrogen (secondary N) is 6. The summed E-state index contributed by atoms with van der Waals surface area (Å²) in [7, 11) is 3.51. The summed E-state index contributed by atoms with van der Waals surface area (Å²) in [6, 6.07) is 45.9. The Morgan fingerprint density at radius 1 is 0.423 bits per heavy atom. The minimum Gasteiger partial charge on any atom is -0.378 e. The zero-order chi connectivity index (χ0) is 76.2. The topological polar surface area (TPSA) is 337 Å². The molecule has 6 amide bonds. The molecule has 111 heavy (non-hydrogen) atoms. The fourth-order valence-corrected chi connectivity index (χ4v) is 14.2. The molecule has 0 atom stereocenters. The van der Waals surface area contributed by atoms with E-state index >= 15 is 0 Å². The van der Waals surface area contributed by atoms with E-state index in [0.717, 1.165) is 110 Å². The molecule has 6 N–H and O–H groups in total. The lowest BCUT2D eigenvalue weighted by Gasteiger charge is -2.36. The van der Waals surface area contributed by atoms with Crippen molar-refractivity contribution in [3.8, 4) is 34.2 Å². The van der Waals surface area contributed by atoms with Crippen LogP contribution in [0.2, 0.25) is 0 Å². The van der Waals surface area contributed by atoms with Crippen LogP contribution in [-0.2, 0) is 19.1 Å². The van der Waals surface area contributed by atoms with E-state index in [2.05, 4.69) is 85.6 Å². The van der Waals surface area contributed by atoms with Gasteiger partial charge in [0.15, 0.2) is 0 Å². The van der Waals surface area contributed by atoms with E-state index < -0.39 is 0 Å². The molecule has 0 unspecified atom stereocenters. The van der Waals surface area contributed by atoms with Crippen LogP contribution in [0.5, 0.6) is 0 Å². The number of likely N-dealkylation sites (N-methyl/N-ethyl adjacent to an activating group) is 1. The number of likely N-dealkylation sites (tertiary alicyclic amines) is 2. The first kappa shape index (κ1) is 73.6. The van der Waals surface area contributed by atoms with Gasteiger partial charge in [-0.15, -0.1) is 0 Å². The van der Waals surface area contributed by atoms with E-state index in [-0.39, 0.29) is 41.5 Å². The number of rotatable bonds is 17. The standard InChI is InChI=1S/C28H30N8O3.C27H27N7O2.C26H28N8O2/c37-26(35-13-15-39-16-14-35)19-34-9-11-36(12-10-34)27(38)25-18-20-17-21(4-5-22(20)32-25)31-28-30-8-6-24(33-28)23-3-1-2-7-29-23;35-25-5-3-13-34(25)20-9-14-33(15-10-20)26(36)24-17-18-16-19(6-7-21(18)31-24)30-27-29-12-8-23(32-27)22-4-1-2-11-28-22;1-32(2)24(35)17-33-11-13-34(14-12-33)25(36)23-16-18-15-19(6-7-20(18)30-23)29-26-28-10-8-22(31-26)21-5-3-4-9-27-21/h1-8,17-18,32H,9-16,19H2,(H,30,31,33);1-2,4,6-8,11-12,16-17,20,31H,3,5,9-10,13-15H2,(H,29,30,32);3-10,15-16,30H,11-14,17H2,1-2H3,(H,28,29,31). The fraction of sp³-hybridized carbons (Fsp3) is 0.296. The zero-order valence-electron chi connectivity index (χ0n) is 61.7. The van der Waals surface area contributed by atoms with Gasteiger partial charge in [-0.2, -0.15) is 0 Å². The van der Waals surface area contributed by atoms with Gasteiger partial charge < -0.3 is 65.0 Å². The number of amides is 6. The summed E-state index contributed by atoms with van der Waals surface area (Å²) in [5.74, 6) is 1.80. The predicted octanol–water partition coefficient (Wildman–Crippen LogP) is 8.98. The van der Waals surface area contributed by atoms with Crippen molar-refractivity contribution >= 4 is 103 Å². The molecule has 14 heterocycles. The minimum absolute atomic E-state index is 0.00157. The Hall–Kier alpha value is -12.9. The van der Waals surface area contributed by atoms with Crippen LogP contribution in [0.1, 0.15) is 57.1 Å². The van der Waals surface area contributed by atoms with E-state index in [1.165, 1.54) is 0 Å². The van der Waals surface area contributed by atoms with Crippen molar-refractivity contribution in [3.63, 3.8) is 0 Å². The molecule has 17 rings (SSSR count). The van der Waals surface area contributed by atoms with Gasteiger partial charge in [-0.1, -0.05) is 18.2 Å². The number of piperazine rings is 2. The van der Waals surface area contributed by atoms with Gasteiger partial charge in [0.05, 0.1) is 60.5 Å². The van der Waals surface area contributed by atoms with Gasteiger partial charge in [-0.25, -0.2) is 29.9 Å².